The summed E-state index contributed by atoms with van der Waals surface area (Å²) in [6.45, 7) is 5.80. The summed E-state index contributed by atoms with van der Waals surface area (Å²) in [4.78, 5) is 10.7. The summed E-state index contributed by atoms with van der Waals surface area (Å²) in [5, 5.41) is 0. The molecular weight excluding hydrogens is 208 g/mol. The number of unbranched alkanes of at least 4 members (excludes halogenated alkanes) is 1. The van der Waals surface area contributed by atoms with E-state index in [4.69, 9.17) is 0 Å². The summed E-state index contributed by atoms with van der Waals surface area (Å²) in [6, 6.07) is 10.0. The molecular formula is C16H22O. The summed E-state index contributed by atoms with van der Waals surface area (Å²) < 4.78 is 0. The second kappa shape index (κ2) is 7.83. The fourth-order valence-corrected chi connectivity index (χ4v) is 1.81. The Kier molecular flexibility index (Phi) is 6.31. The standard InChI is InChI=1S/C8H14O.C8H8/c1-2-3-4-7-5-6-8(7)9;1-2-8-6-4-3-5-7-8/h7H,2-6H2,1H3;2-7H,1H2. The van der Waals surface area contributed by atoms with Crippen LogP contribution in [0.1, 0.15) is 44.6 Å². The zero-order valence-corrected chi connectivity index (χ0v) is 10.7. The molecule has 1 nitrogen and oxygen atoms in total. The Morgan fingerprint density at radius 1 is 1.35 bits per heavy atom. The van der Waals surface area contributed by atoms with E-state index < -0.39 is 0 Å². The molecule has 2 rings (SSSR count). The first-order chi connectivity index (χ1) is 8.27. The molecule has 0 N–H and O–H groups in total. The van der Waals surface area contributed by atoms with Gasteiger partial charge < -0.3 is 0 Å². The molecule has 1 unspecified atom stereocenters. The van der Waals surface area contributed by atoms with E-state index in [1.54, 1.807) is 0 Å². The van der Waals surface area contributed by atoms with Crippen LogP contribution < -0.4 is 0 Å². The van der Waals surface area contributed by atoms with Crippen molar-refractivity contribution >= 4 is 11.9 Å². The molecule has 1 atom stereocenters. The van der Waals surface area contributed by atoms with Crippen molar-refractivity contribution in [3.8, 4) is 0 Å². The Balaban J connectivity index is 0.000000171. The zero-order chi connectivity index (χ0) is 12.5. The van der Waals surface area contributed by atoms with Crippen molar-refractivity contribution in [1.29, 1.82) is 0 Å². The Labute approximate surface area is 105 Å². The zero-order valence-electron chi connectivity index (χ0n) is 10.7. The first-order valence-electron chi connectivity index (χ1n) is 6.48. The van der Waals surface area contributed by atoms with Crippen molar-refractivity contribution in [3.05, 3.63) is 42.5 Å². The van der Waals surface area contributed by atoms with Crippen molar-refractivity contribution in [1.82, 2.24) is 0 Å². The molecule has 0 aromatic heterocycles. The van der Waals surface area contributed by atoms with Crippen LogP contribution in [0.3, 0.4) is 0 Å². The second-order valence-electron chi connectivity index (χ2n) is 4.46. The minimum Gasteiger partial charge on any atom is -0.299 e. The average Bonchev–Trinajstić information content (AvgIpc) is 2.39. The molecule has 1 fully saturated rings. The maximum Gasteiger partial charge on any atom is 0.136 e. The van der Waals surface area contributed by atoms with Crippen LogP contribution in [0, 0.1) is 5.92 Å². The van der Waals surface area contributed by atoms with Gasteiger partial charge in [-0.15, -0.1) is 0 Å². The number of hydrogen-bond acceptors (Lipinski definition) is 1. The number of carbonyl (C=O) groups excluding carboxylic acids is 1. The van der Waals surface area contributed by atoms with Gasteiger partial charge in [0.25, 0.3) is 0 Å². The quantitative estimate of drug-likeness (QED) is 0.745. The molecule has 1 saturated carbocycles. The summed E-state index contributed by atoms with van der Waals surface area (Å²) in [5.74, 6) is 0.966. The Bertz CT molecular complexity index is 340. The summed E-state index contributed by atoms with van der Waals surface area (Å²) in [7, 11) is 0. The Morgan fingerprint density at radius 3 is 2.41 bits per heavy atom. The molecule has 1 aromatic carbocycles. The van der Waals surface area contributed by atoms with Gasteiger partial charge in [0, 0.05) is 12.3 Å². The fraction of sp³-hybridized carbons (Fsp3) is 0.438. The molecule has 92 valence electrons. The van der Waals surface area contributed by atoms with Gasteiger partial charge in [0.15, 0.2) is 0 Å². The molecule has 0 heterocycles. The highest BCUT2D eigenvalue weighted by molar-refractivity contribution is 5.86. The Hall–Kier alpha value is -1.37. The minimum absolute atomic E-state index is 0.463. The monoisotopic (exact) mass is 230 g/mol. The van der Waals surface area contributed by atoms with Crippen LogP contribution in [0.5, 0.6) is 0 Å². The number of Topliss-reactive ketones (excluding diaryl/α,β-unsaturated/α-hetero) is 1. The minimum atomic E-state index is 0.463. The third-order valence-corrected chi connectivity index (χ3v) is 3.14. The lowest BCUT2D eigenvalue weighted by Crippen LogP contribution is -2.25. The van der Waals surface area contributed by atoms with E-state index in [1.807, 2.05) is 36.4 Å². The molecule has 0 radical (unpaired) electrons. The van der Waals surface area contributed by atoms with E-state index in [2.05, 4.69) is 13.5 Å². The highest BCUT2D eigenvalue weighted by atomic mass is 16.1. The number of hydrogen-bond donors (Lipinski definition) is 0. The van der Waals surface area contributed by atoms with Gasteiger partial charge in [-0.05, 0) is 18.4 Å². The van der Waals surface area contributed by atoms with Crippen molar-refractivity contribution in [2.24, 2.45) is 5.92 Å². The van der Waals surface area contributed by atoms with Gasteiger partial charge in [0.1, 0.15) is 5.78 Å². The van der Waals surface area contributed by atoms with Gasteiger partial charge in [-0.1, -0.05) is 62.8 Å². The lowest BCUT2D eigenvalue weighted by molar-refractivity contribution is -0.129. The lowest BCUT2D eigenvalue weighted by Gasteiger charge is -2.23. The van der Waals surface area contributed by atoms with Crippen LogP contribution in [-0.2, 0) is 4.79 Å². The normalized spacial score (nSPS) is 17.7. The molecule has 1 aliphatic carbocycles. The second-order valence-corrected chi connectivity index (χ2v) is 4.46. The van der Waals surface area contributed by atoms with Crippen molar-refractivity contribution in [2.75, 3.05) is 0 Å². The lowest BCUT2D eigenvalue weighted by atomic mass is 9.80. The van der Waals surface area contributed by atoms with Crippen LogP contribution in [0.15, 0.2) is 36.9 Å². The fourth-order valence-electron chi connectivity index (χ4n) is 1.81. The first kappa shape index (κ1) is 13.7. The molecule has 0 spiro atoms. The van der Waals surface area contributed by atoms with Gasteiger partial charge in [-0.2, -0.15) is 0 Å². The topological polar surface area (TPSA) is 17.1 Å². The molecule has 1 heteroatoms. The van der Waals surface area contributed by atoms with E-state index in [-0.39, 0.29) is 0 Å². The van der Waals surface area contributed by atoms with E-state index in [9.17, 15) is 4.79 Å². The molecule has 1 aliphatic rings. The maximum absolute atomic E-state index is 10.7. The maximum atomic E-state index is 10.7. The third kappa shape index (κ3) is 4.99. The van der Waals surface area contributed by atoms with Gasteiger partial charge in [-0.25, -0.2) is 0 Å². The molecule has 0 bridgehead atoms. The van der Waals surface area contributed by atoms with E-state index in [1.165, 1.54) is 24.8 Å². The van der Waals surface area contributed by atoms with Crippen LogP contribution in [0.25, 0.3) is 6.08 Å². The van der Waals surface area contributed by atoms with Crippen LogP contribution in [-0.4, -0.2) is 5.78 Å². The van der Waals surface area contributed by atoms with Crippen molar-refractivity contribution in [3.63, 3.8) is 0 Å². The van der Waals surface area contributed by atoms with Crippen LogP contribution in [0.4, 0.5) is 0 Å². The molecule has 1 aromatic rings. The number of ketones is 1. The number of benzene rings is 1. The number of carbonyl (C=O) groups is 1. The first-order valence-corrected chi connectivity index (χ1v) is 6.48. The Morgan fingerprint density at radius 2 is 2.06 bits per heavy atom. The van der Waals surface area contributed by atoms with E-state index >= 15 is 0 Å². The molecule has 17 heavy (non-hydrogen) atoms. The largest absolute Gasteiger partial charge is 0.299 e. The van der Waals surface area contributed by atoms with Gasteiger partial charge in [0.2, 0.25) is 0 Å². The smallest absolute Gasteiger partial charge is 0.136 e. The van der Waals surface area contributed by atoms with E-state index in [0.717, 1.165) is 12.8 Å². The van der Waals surface area contributed by atoms with Gasteiger partial charge in [0.05, 0.1) is 0 Å². The average molecular weight is 230 g/mol. The predicted molar refractivity (Wildman–Crippen MR) is 73.8 cm³/mol. The molecule has 0 saturated heterocycles. The third-order valence-electron chi connectivity index (χ3n) is 3.14. The van der Waals surface area contributed by atoms with Gasteiger partial charge >= 0.3 is 0 Å². The van der Waals surface area contributed by atoms with Crippen molar-refractivity contribution < 1.29 is 4.79 Å². The summed E-state index contributed by atoms with van der Waals surface area (Å²) in [6.07, 6.45) is 7.46. The highest BCUT2D eigenvalue weighted by Crippen LogP contribution is 2.26. The molecule has 0 aliphatic heterocycles. The molecule has 0 amide bonds. The van der Waals surface area contributed by atoms with Crippen LogP contribution in [0.2, 0.25) is 0 Å². The number of rotatable bonds is 4. The SMILES string of the molecule is C=Cc1ccccc1.CCCCC1CCC1=O. The van der Waals surface area contributed by atoms with Gasteiger partial charge in [-0.3, -0.25) is 4.79 Å². The van der Waals surface area contributed by atoms with Crippen molar-refractivity contribution in [2.45, 2.75) is 39.0 Å². The predicted octanol–water partition coefficient (Wildman–Crippen LogP) is 4.49. The van der Waals surface area contributed by atoms with E-state index in [0.29, 0.717) is 11.7 Å². The highest BCUT2D eigenvalue weighted by Gasteiger charge is 2.26. The van der Waals surface area contributed by atoms with Crippen LogP contribution >= 0.6 is 0 Å². The summed E-state index contributed by atoms with van der Waals surface area (Å²) >= 11 is 0. The summed E-state index contributed by atoms with van der Waals surface area (Å²) in [5.41, 5.74) is 1.17.